The highest BCUT2D eigenvalue weighted by atomic mass is 16.6. The average Bonchev–Trinajstić information content (AvgIpc) is 2.47. The van der Waals surface area contributed by atoms with Crippen LogP contribution in [0.5, 0.6) is 11.5 Å². The van der Waals surface area contributed by atoms with Gasteiger partial charge < -0.3 is 19.3 Å². The summed E-state index contributed by atoms with van der Waals surface area (Å²) in [6, 6.07) is 7.73. The van der Waals surface area contributed by atoms with Gasteiger partial charge in [0.1, 0.15) is 12.7 Å². The van der Waals surface area contributed by atoms with Crippen molar-refractivity contribution in [3.63, 3.8) is 0 Å². The number of aliphatic hydroxyl groups is 1. The lowest BCUT2D eigenvalue weighted by Crippen LogP contribution is -2.49. The van der Waals surface area contributed by atoms with E-state index in [2.05, 4.69) is 4.90 Å². The summed E-state index contributed by atoms with van der Waals surface area (Å²) in [5.41, 5.74) is 0. The number of rotatable bonds is 3. The lowest BCUT2D eigenvalue weighted by Gasteiger charge is -2.35. The number of nitrogens with zero attached hydrogens (tertiary/aromatic N) is 1. The van der Waals surface area contributed by atoms with Crippen LogP contribution in [0.1, 0.15) is 0 Å². The molecule has 2 atom stereocenters. The zero-order valence-corrected chi connectivity index (χ0v) is 10.8. The molecule has 1 saturated heterocycles. The summed E-state index contributed by atoms with van der Waals surface area (Å²) in [6.07, 6.45) is -0.0436. The van der Waals surface area contributed by atoms with Crippen LogP contribution in [0.4, 0.5) is 0 Å². The maximum atomic E-state index is 9.14. The average molecular weight is 265 g/mol. The van der Waals surface area contributed by atoms with E-state index in [9.17, 15) is 0 Å². The van der Waals surface area contributed by atoms with Crippen LogP contribution >= 0.6 is 0 Å². The molecule has 5 heteroatoms. The molecule has 5 nitrogen and oxygen atoms in total. The summed E-state index contributed by atoms with van der Waals surface area (Å²) in [5, 5.41) is 9.14. The van der Waals surface area contributed by atoms with Gasteiger partial charge in [-0.25, -0.2) is 0 Å². The fourth-order valence-corrected chi connectivity index (χ4v) is 2.50. The Labute approximate surface area is 112 Å². The van der Waals surface area contributed by atoms with E-state index in [4.69, 9.17) is 19.3 Å². The highest BCUT2D eigenvalue weighted by Crippen LogP contribution is 2.31. The maximum Gasteiger partial charge on any atom is 0.161 e. The third-order valence-corrected chi connectivity index (χ3v) is 3.46. The minimum absolute atomic E-state index is 0.0346. The molecule has 1 aromatic carbocycles. The van der Waals surface area contributed by atoms with Gasteiger partial charge in [-0.2, -0.15) is 0 Å². The number of hydrogen-bond acceptors (Lipinski definition) is 5. The lowest BCUT2D eigenvalue weighted by atomic mass is 10.2. The molecule has 0 aromatic heterocycles. The van der Waals surface area contributed by atoms with Crippen LogP contribution in [0.25, 0.3) is 0 Å². The van der Waals surface area contributed by atoms with Crippen LogP contribution in [-0.2, 0) is 4.74 Å². The number of para-hydroxylation sites is 2. The van der Waals surface area contributed by atoms with Crippen LogP contribution in [-0.4, -0.2) is 61.7 Å². The van der Waals surface area contributed by atoms with Crippen molar-refractivity contribution in [2.24, 2.45) is 0 Å². The van der Waals surface area contributed by atoms with Gasteiger partial charge in [0.15, 0.2) is 11.5 Å². The third kappa shape index (κ3) is 3.00. The molecule has 1 aromatic rings. The molecule has 0 saturated carbocycles. The van der Waals surface area contributed by atoms with Crippen LogP contribution in [0.2, 0.25) is 0 Å². The highest BCUT2D eigenvalue weighted by Gasteiger charge is 2.26. The summed E-state index contributed by atoms with van der Waals surface area (Å²) in [5.74, 6) is 1.62. The van der Waals surface area contributed by atoms with Gasteiger partial charge in [-0.1, -0.05) is 12.1 Å². The third-order valence-electron chi connectivity index (χ3n) is 3.46. The van der Waals surface area contributed by atoms with E-state index in [0.29, 0.717) is 13.2 Å². The summed E-state index contributed by atoms with van der Waals surface area (Å²) < 4.78 is 17.1. The van der Waals surface area contributed by atoms with Crippen molar-refractivity contribution >= 4 is 0 Å². The molecule has 0 radical (unpaired) electrons. The number of morpholine rings is 1. The van der Waals surface area contributed by atoms with Gasteiger partial charge in [0, 0.05) is 19.6 Å². The van der Waals surface area contributed by atoms with E-state index in [1.807, 2.05) is 24.3 Å². The topological polar surface area (TPSA) is 51.2 Å². The predicted molar refractivity (Wildman–Crippen MR) is 69.6 cm³/mol. The lowest BCUT2D eigenvalue weighted by molar-refractivity contribution is -0.0640. The Morgan fingerprint density at radius 3 is 2.89 bits per heavy atom. The zero-order valence-electron chi connectivity index (χ0n) is 10.8. The van der Waals surface area contributed by atoms with E-state index in [-0.39, 0.29) is 18.8 Å². The first-order valence-corrected chi connectivity index (χ1v) is 6.68. The molecule has 0 aliphatic carbocycles. The van der Waals surface area contributed by atoms with Gasteiger partial charge >= 0.3 is 0 Å². The number of aliphatic hydroxyl groups excluding tert-OH is 1. The quantitative estimate of drug-likeness (QED) is 0.863. The summed E-state index contributed by atoms with van der Waals surface area (Å²) in [7, 11) is 0. The molecule has 2 heterocycles. The van der Waals surface area contributed by atoms with E-state index in [1.165, 1.54) is 0 Å². The van der Waals surface area contributed by atoms with Crippen molar-refractivity contribution in [3.05, 3.63) is 24.3 Å². The maximum absolute atomic E-state index is 9.14. The van der Waals surface area contributed by atoms with Crippen molar-refractivity contribution in [2.75, 3.05) is 39.5 Å². The Balaban J connectivity index is 1.57. The van der Waals surface area contributed by atoms with Crippen LogP contribution in [0.15, 0.2) is 24.3 Å². The highest BCUT2D eigenvalue weighted by molar-refractivity contribution is 5.40. The Hall–Kier alpha value is -1.30. The minimum atomic E-state index is -0.0782. The Morgan fingerprint density at radius 1 is 1.21 bits per heavy atom. The molecule has 2 aliphatic heterocycles. The molecule has 1 N–H and O–H groups in total. The van der Waals surface area contributed by atoms with E-state index >= 15 is 0 Å². The van der Waals surface area contributed by atoms with E-state index < -0.39 is 0 Å². The van der Waals surface area contributed by atoms with Gasteiger partial charge in [0.2, 0.25) is 0 Å². The first-order valence-electron chi connectivity index (χ1n) is 6.68. The van der Waals surface area contributed by atoms with Gasteiger partial charge in [0.05, 0.1) is 19.3 Å². The second-order valence-corrected chi connectivity index (χ2v) is 4.93. The molecule has 0 amide bonds. The molecular formula is C14H19NO4. The zero-order chi connectivity index (χ0) is 13.1. The van der Waals surface area contributed by atoms with E-state index in [0.717, 1.165) is 31.1 Å². The van der Waals surface area contributed by atoms with Crippen LogP contribution in [0, 0.1) is 0 Å². The standard InChI is InChI=1S/C14H19NO4/c16-9-11-7-15(5-6-17-11)8-12-10-18-13-3-1-2-4-14(13)19-12/h1-4,11-12,16H,5-10H2. The van der Waals surface area contributed by atoms with Crippen LogP contribution in [0.3, 0.4) is 0 Å². The summed E-state index contributed by atoms with van der Waals surface area (Å²) in [4.78, 5) is 2.26. The van der Waals surface area contributed by atoms with E-state index in [1.54, 1.807) is 0 Å². The number of fused-ring (bicyclic) bond motifs is 1. The number of hydrogen-bond donors (Lipinski definition) is 1. The first-order chi connectivity index (χ1) is 9.35. The second kappa shape index (κ2) is 5.77. The second-order valence-electron chi connectivity index (χ2n) is 4.93. The SMILES string of the molecule is OCC1CN(CC2COc3ccccc3O2)CCO1. The summed E-state index contributed by atoms with van der Waals surface area (Å²) in [6.45, 7) is 3.72. The number of ether oxygens (including phenoxy) is 3. The fourth-order valence-electron chi connectivity index (χ4n) is 2.50. The molecule has 2 unspecified atom stereocenters. The molecule has 104 valence electrons. The molecule has 3 rings (SSSR count). The van der Waals surface area contributed by atoms with Crippen molar-refractivity contribution < 1.29 is 19.3 Å². The Bertz CT molecular complexity index is 426. The monoisotopic (exact) mass is 265 g/mol. The fraction of sp³-hybridized carbons (Fsp3) is 0.571. The normalized spacial score (nSPS) is 27.2. The van der Waals surface area contributed by atoms with Crippen molar-refractivity contribution in [1.29, 1.82) is 0 Å². The van der Waals surface area contributed by atoms with Crippen molar-refractivity contribution in [3.8, 4) is 11.5 Å². The Kier molecular flexibility index (Phi) is 3.87. The van der Waals surface area contributed by atoms with Gasteiger partial charge in [-0.05, 0) is 12.1 Å². The van der Waals surface area contributed by atoms with Crippen LogP contribution < -0.4 is 9.47 Å². The Morgan fingerprint density at radius 2 is 2.05 bits per heavy atom. The van der Waals surface area contributed by atoms with Gasteiger partial charge in [-0.15, -0.1) is 0 Å². The molecule has 1 fully saturated rings. The first kappa shape index (κ1) is 12.7. The molecule has 19 heavy (non-hydrogen) atoms. The van der Waals surface area contributed by atoms with Gasteiger partial charge in [0.25, 0.3) is 0 Å². The van der Waals surface area contributed by atoms with Crippen molar-refractivity contribution in [1.82, 2.24) is 4.90 Å². The molecule has 0 bridgehead atoms. The van der Waals surface area contributed by atoms with Gasteiger partial charge in [-0.3, -0.25) is 4.90 Å². The molecule has 0 spiro atoms. The predicted octanol–water partition coefficient (Wildman–Crippen LogP) is 0.519. The van der Waals surface area contributed by atoms with Crippen molar-refractivity contribution in [2.45, 2.75) is 12.2 Å². The number of benzene rings is 1. The minimum Gasteiger partial charge on any atom is -0.486 e. The smallest absolute Gasteiger partial charge is 0.161 e. The molecule has 2 aliphatic rings. The summed E-state index contributed by atoms with van der Waals surface area (Å²) >= 11 is 0. The largest absolute Gasteiger partial charge is 0.486 e. The molecular weight excluding hydrogens is 246 g/mol.